The standard InChI is InChI=1S/C30H36O19/c1-11-20(35)23(38)25(40)29(46-11)42-7-18-21(36)24(39)26(41)30(48-18)49-28-22(37)19-14(34)5-13(43-8-31)6-17(19)47-27(28)12-2-3-15(44-9-32)16(4-12)45-10-33/h2-6,11,18,20-21,23-26,29-36,38-41H,7-10H2,1H3/t11-,18+,20-,21+,23+,24-,25+,26+,29+,30-/m0/s1. The van der Waals surface area contributed by atoms with Gasteiger partial charge in [0.2, 0.25) is 17.5 Å². The first kappa shape index (κ1) is 36.5. The van der Waals surface area contributed by atoms with Crippen molar-refractivity contribution >= 4 is 11.0 Å². The van der Waals surface area contributed by atoms with Crippen molar-refractivity contribution in [2.75, 3.05) is 27.0 Å². The minimum atomic E-state index is -2.00. The summed E-state index contributed by atoms with van der Waals surface area (Å²) >= 11 is 0. The van der Waals surface area contributed by atoms with Crippen molar-refractivity contribution in [3.63, 3.8) is 0 Å². The fourth-order valence-electron chi connectivity index (χ4n) is 5.34. The van der Waals surface area contributed by atoms with Gasteiger partial charge in [0.25, 0.3) is 0 Å². The summed E-state index contributed by atoms with van der Waals surface area (Å²) in [6, 6.07) is 6.08. The molecule has 3 aromatic rings. The maximum absolute atomic E-state index is 13.9. The molecule has 2 fully saturated rings. The number of aliphatic hydroxyl groups excluding tert-OH is 9. The van der Waals surface area contributed by atoms with Crippen LogP contribution in [0, 0.1) is 0 Å². The molecule has 0 bridgehead atoms. The van der Waals surface area contributed by atoms with Crippen LogP contribution in [0.1, 0.15) is 6.92 Å². The van der Waals surface area contributed by atoms with Crippen LogP contribution in [0.5, 0.6) is 28.7 Å². The second-order valence-electron chi connectivity index (χ2n) is 11.0. The smallest absolute Gasteiger partial charge is 0.239 e. The first-order valence-corrected chi connectivity index (χ1v) is 14.8. The van der Waals surface area contributed by atoms with Crippen molar-refractivity contribution in [1.82, 2.24) is 0 Å². The van der Waals surface area contributed by atoms with Crippen LogP contribution in [-0.2, 0) is 14.2 Å². The van der Waals surface area contributed by atoms with Crippen LogP contribution in [0.25, 0.3) is 22.3 Å². The number of hydrogen-bond donors (Lipinski definition) is 10. The minimum Gasteiger partial charge on any atom is -0.507 e. The highest BCUT2D eigenvalue weighted by Gasteiger charge is 2.48. The minimum absolute atomic E-state index is 0.0170. The largest absolute Gasteiger partial charge is 0.507 e. The molecule has 0 aliphatic carbocycles. The summed E-state index contributed by atoms with van der Waals surface area (Å²) in [6.07, 6.45) is -16.4. The number of phenolic OH excluding ortho intramolecular Hbond substituents is 1. The number of aromatic hydroxyl groups is 1. The lowest BCUT2D eigenvalue weighted by Gasteiger charge is -2.42. The van der Waals surface area contributed by atoms with E-state index >= 15 is 0 Å². The van der Waals surface area contributed by atoms with E-state index in [4.69, 9.17) is 37.6 Å². The highest BCUT2D eigenvalue weighted by molar-refractivity contribution is 5.88. The Morgan fingerprint density at radius 2 is 1.39 bits per heavy atom. The van der Waals surface area contributed by atoms with E-state index in [2.05, 4.69) is 0 Å². The summed E-state index contributed by atoms with van der Waals surface area (Å²) in [5.41, 5.74) is -1.25. The molecule has 2 aliphatic heterocycles. The molecule has 5 rings (SSSR count). The van der Waals surface area contributed by atoms with Gasteiger partial charge in [-0.2, -0.15) is 0 Å². The third-order valence-electron chi connectivity index (χ3n) is 7.92. The first-order valence-electron chi connectivity index (χ1n) is 14.8. The monoisotopic (exact) mass is 700 g/mol. The summed E-state index contributed by atoms with van der Waals surface area (Å²) in [4.78, 5) is 13.9. The Morgan fingerprint density at radius 3 is 2.08 bits per heavy atom. The Bertz CT molecular complexity index is 1650. The second kappa shape index (κ2) is 15.4. The Balaban J connectivity index is 1.53. The van der Waals surface area contributed by atoms with E-state index in [9.17, 15) is 55.9 Å². The summed E-state index contributed by atoms with van der Waals surface area (Å²) < 4.78 is 43.6. The molecule has 270 valence electrons. The zero-order chi connectivity index (χ0) is 35.6. The summed E-state index contributed by atoms with van der Waals surface area (Å²) in [5, 5.41) is 101. The highest BCUT2D eigenvalue weighted by Crippen LogP contribution is 2.40. The molecule has 0 spiro atoms. The molecule has 0 amide bonds. The molecular formula is C30H36O19. The summed E-state index contributed by atoms with van der Waals surface area (Å²) in [6.45, 7) is -1.55. The topological polar surface area (TPSA) is 297 Å². The van der Waals surface area contributed by atoms with Gasteiger partial charge in [0.05, 0.1) is 12.7 Å². The van der Waals surface area contributed by atoms with Gasteiger partial charge in [0.1, 0.15) is 65.2 Å². The maximum atomic E-state index is 13.9. The number of rotatable bonds is 12. The average Bonchev–Trinajstić information content (AvgIpc) is 3.07. The second-order valence-corrected chi connectivity index (χ2v) is 11.0. The van der Waals surface area contributed by atoms with Gasteiger partial charge in [0.15, 0.2) is 43.9 Å². The van der Waals surface area contributed by atoms with Gasteiger partial charge < -0.3 is 88.6 Å². The molecule has 49 heavy (non-hydrogen) atoms. The molecule has 2 aromatic carbocycles. The number of phenols is 1. The van der Waals surface area contributed by atoms with E-state index in [0.29, 0.717) is 0 Å². The van der Waals surface area contributed by atoms with Crippen LogP contribution < -0.4 is 24.4 Å². The normalized spacial score (nSPS) is 30.2. The SMILES string of the molecule is C[C@@H]1O[C@@H](OC[C@H]2O[C@@H](Oc3c(-c4ccc(OCO)c(OCO)c4)oc4cc(OCO)cc(O)c4c3=O)[C@H](O)[C@@H](O)[C@@H]2O)[C@H](O)[C@H](O)[C@H]1O. The number of aliphatic hydroxyl groups is 9. The van der Waals surface area contributed by atoms with Gasteiger partial charge in [-0.05, 0) is 25.1 Å². The predicted octanol–water partition coefficient (Wildman–Crippen LogP) is -2.82. The molecular weight excluding hydrogens is 664 g/mol. The van der Waals surface area contributed by atoms with Crippen molar-refractivity contribution in [2.24, 2.45) is 0 Å². The number of fused-ring (bicyclic) bond motifs is 1. The molecule has 0 radical (unpaired) electrons. The van der Waals surface area contributed by atoms with Gasteiger partial charge in [-0.25, -0.2) is 0 Å². The third kappa shape index (κ3) is 7.38. The molecule has 19 heteroatoms. The number of hydrogen-bond acceptors (Lipinski definition) is 19. The fourth-order valence-corrected chi connectivity index (χ4v) is 5.34. The predicted molar refractivity (Wildman–Crippen MR) is 158 cm³/mol. The van der Waals surface area contributed by atoms with Gasteiger partial charge in [0, 0.05) is 17.7 Å². The number of benzene rings is 2. The zero-order valence-corrected chi connectivity index (χ0v) is 25.6. The molecule has 19 nitrogen and oxygen atoms in total. The Labute approximate surface area is 275 Å². The lowest BCUT2D eigenvalue weighted by atomic mass is 9.98. The van der Waals surface area contributed by atoms with Crippen LogP contribution in [-0.4, -0.2) is 139 Å². The molecule has 2 saturated heterocycles. The van der Waals surface area contributed by atoms with Crippen LogP contribution in [0.2, 0.25) is 0 Å². The van der Waals surface area contributed by atoms with Crippen molar-refractivity contribution in [3.05, 3.63) is 40.6 Å². The van der Waals surface area contributed by atoms with E-state index in [1.165, 1.54) is 31.2 Å². The van der Waals surface area contributed by atoms with Crippen LogP contribution in [0.3, 0.4) is 0 Å². The molecule has 1 aromatic heterocycles. The maximum Gasteiger partial charge on any atom is 0.239 e. The molecule has 10 atom stereocenters. The molecule has 3 heterocycles. The van der Waals surface area contributed by atoms with Gasteiger partial charge >= 0.3 is 0 Å². The summed E-state index contributed by atoms with van der Waals surface area (Å²) in [5.74, 6) is -1.93. The van der Waals surface area contributed by atoms with Gasteiger partial charge in [-0.1, -0.05) is 0 Å². The fraction of sp³-hybridized carbons (Fsp3) is 0.500. The van der Waals surface area contributed by atoms with Crippen molar-refractivity contribution in [2.45, 2.75) is 68.3 Å². The Hall–Kier alpha value is -3.83. The van der Waals surface area contributed by atoms with Crippen LogP contribution in [0.15, 0.2) is 39.5 Å². The van der Waals surface area contributed by atoms with Crippen LogP contribution >= 0.6 is 0 Å². The first-order chi connectivity index (χ1) is 23.4. The van der Waals surface area contributed by atoms with Crippen molar-refractivity contribution < 1.29 is 88.6 Å². The van der Waals surface area contributed by atoms with Gasteiger partial charge in [-0.15, -0.1) is 0 Å². The quantitative estimate of drug-likeness (QED) is 0.0852. The highest BCUT2D eigenvalue weighted by atomic mass is 16.7. The van der Waals surface area contributed by atoms with E-state index in [1.54, 1.807) is 0 Å². The Kier molecular flexibility index (Phi) is 11.4. The van der Waals surface area contributed by atoms with Gasteiger partial charge in [-0.3, -0.25) is 4.79 Å². The van der Waals surface area contributed by atoms with Crippen molar-refractivity contribution in [3.8, 4) is 40.1 Å². The molecule has 0 saturated carbocycles. The van der Waals surface area contributed by atoms with E-state index < -0.39 is 111 Å². The zero-order valence-electron chi connectivity index (χ0n) is 25.6. The lowest BCUT2D eigenvalue weighted by molar-refractivity contribution is -0.318. The van der Waals surface area contributed by atoms with E-state index in [1.807, 2.05) is 0 Å². The Morgan fingerprint density at radius 1 is 0.735 bits per heavy atom. The lowest BCUT2D eigenvalue weighted by Crippen LogP contribution is -2.61. The third-order valence-corrected chi connectivity index (χ3v) is 7.92. The van der Waals surface area contributed by atoms with Crippen LogP contribution in [0.4, 0.5) is 0 Å². The van der Waals surface area contributed by atoms with E-state index in [0.717, 1.165) is 6.07 Å². The van der Waals surface area contributed by atoms with E-state index in [-0.39, 0.29) is 34.2 Å². The number of ether oxygens (including phenoxy) is 7. The molecule has 10 N–H and O–H groups in total. The molecule has 2 aliphatic rings. The van der Waals surface area contributed by atoms with Crippen molar-refractivity contribution in [1.29, 1.82) is 0 Å². The average molecular weight is 701 g/mol. The molecule has 0 unspecified atom stereocenters. The summed E-state index contributed by atoms with van der Waals surface area (Å²) in [7, 11) is 0.